The summed E-state index contributed by atoms with van der Waals surface area (Å²) in [6.45, 7) is 0.493. The SMILES string of the molecule is COc1cccc(OC)c1C1CCCC(=O)N1Cc1ccnc(-c2ccccn2)c1. The second kappa shape index (κ2) is 8.95. The van der Waals surface area contributed by atoms with E-state index in [1.165, 1.54) is 0 Å². The zero-order valence-corrected chi connectivity index (χ0v) is 17.2. The van der Waals surface area contributed by atoms with Crippen LogP contribution in [-0.4, -0.2) is 35.0 Å². The van der Waals surface area contributed by atoms with Gasteiger partial charge in [0.2, 0.25) is 5.91 Å². The third-order valence-corrected chi connectivity index (χ3v) is 5.47. The van der Waals surface area contributed by atoms with E-state index in [2.05, 4.69) is 9.97 Å². The van der Waals surface area contributed by atoms with Gasteiger partial charge in [0.25, 0.3) is 0 Å². The summed E-state index contributed by atoms with van der Waals surface area (Å²) in [5.41, 5.74) is 3.55. The monoisotopic (exact) mass is 403 g/mol. The second-order valence-corrected chi connectivity index (χ2v) is 7.27. The summed E-state index contributed by atoms with van der Waals surface area (Å²) >= 11 is 0. The van der Waals surface area contributed by atoms with Gasteiger partial charge in [0.15, 0.2) is 0 Å². The Balaban J connectivity index is 1.68. The van der Waals surface area contributed by atoms with Crippen molar-refractivity contribution < 1.29 is 14.3 Å². The fourth-order valence-corrected chi connectivity index (χ4v) is 4.05. The molecule has 0 N–H and O–H groups in total. The second-order valence-electron chi connectivity index (χ2n) is 7.27. The first kappa shape index (κ1) is 19.9. The lowest BCUT2D eigenvalue weighted by Crippen LogP contribution is -2.38. The van der Waals surface area contributed by atoms with Crippen molar-refractivity contribution in [3.8, 4) is 22.9 Å². The van der Waals surface area contributed by atoms with E-state index in [0.29, 0.717) is 13.0 Å². The van der Waals surface area contributed by atoms with Crippen LogP contribution in [0.5, 0.6) is 11.5 Å². The predicted octanol–water partition coefficient (Wildman–Crippen LogP) is 4.41. The smallest absolute Gasteiger partial charge is 0.223 e. The highest BCUT2D eigenvalue weighted by Crippen LogP contribution is 2.42. The molecule has 6 nitrogen and oxygen atoms in total. The molecule has 0 spiro atoms. The molecule has 6 heteroatoms. The lowest BCUT2D eigenvalue weighted by molar-refractivity contribution is -0.137. The quantitative estimate of drug-likeness (QED) is 0.610. The fourth-order valence-electron chi connectivity index (χ4n) is 4.05. The topological polar surface area (TPSA) is 64.6 Å². The first-order valence-electron chi connectivity index (χ1n) is 10.1. The van der Waals surface area contributed by atoms with Gasteiger partial charge in [0.05, 0.1) is 37.2 Å². The number of benzene rings is 1. The van der Waals surface area contributed by atoms with Gasteiger partial charge in [-0.1, -0.05) is 12.1 Å². The summed E-state index contributed by atoms with van der Waals surface area (Å²) in [4.78, 5) is 23.7. The third kappa shape index (κ3) is 3.99. The molecule has 1 amide bonds. The number of amides is 1. The molecule has 1 aromatic carbocycles. The molecule has 0 saturated carbocycles. The van der Waals surface area contributed by atoms with E-state index in [4.69, 9.17) is 9.47 Å². The van der Waals surface area contributed by atoms with Crippen molar-refractivity contribution in [3.63, 3.8) is 0 Å². The van der Waals surface area contributed by atoms with Gasteiger partial charge in [-0.05, 0) is 54.8 Å². The molecule has 1 unspecified atom stereocenters. The molecule has 0 aliphatic carbocycles. The number of carbonyl (C=O) groups is 1. The zero-order chi connectivity index (χ0) is 20.9. The van der Waals surface area contributed by atoms with E-state index in [9.17, 15) is 4.79 Å². The first-order valence-corrected chi connectivity index (χ1v) is 10.1. The number of hydrogen-bond donors (Lipinski definition) is 0. The van der Waals surface area contributed by atoms with Crippen LogP contribution >= 0.6 is 0 Å². The first-order chi connectivity index (χ1) is 14.7. The minimum Gasteiger partial charge on any atom is -0.496 e. The standard InChI is InChI=1S/C24H25N3O3/c1-29-21-9-6-10-22(30-2)24(21)20-8-5-11-23(28)27(20)16-17-12-14-26-19(15-17)18-7-3-4-13-25-18/h3-4,6-7,9-10,12-15,20H,5,8,11,16H2,1-2H3. The Hall–Kier alpha value is -3.41. The van der Waals surface area contributed by atoms with Crippen LogP contribution in [0.4, 0.5) is 0 Å². The van der Waals surface area contributed by atoms with Crippen molar-refractivity contribution in [1.82, 2.24) is 14.9 Å². The molecule has 1 aliphatic rings. The van der Waals surface area contributed by atoms with Gasteiger partial charge in [0, 0.05) is 25.4 Å². The van der Waals surface area contributed by atoms with Crippen LogP contribution in [-0.2, 0) is 11.3 Å². The van der Waals surface area contributed by atoms with Crippen molar-refractivity contribution in [2.75, 3.05) is 14.2 Å². The summed E-state index contributed by atoms with van der Waals surface area (Å²) < 4.78 is 11.2. The minimum atomic E-state index is -0.108. The van der Waals surface area contributed by atoms with Gasteiger partial charge >= 0.3 is 0 Å². The number of ether oxygens (including phenoxy) is 2. The number of piperidine rings is 1. The largest absolute Gasteiger partial charge is 0.496 e. The van der Waals surface area contributed by atoms with Crippen molar-refractivity contribution in [1.29, 1.82) is 0 Å². The highest BCUT2D eigenvalue weighted by atomic mass is 16.5. The number of likely N-dealkylation sites (tertiary alicyclic amines) is 1. The molecular weight excluding hydrogens is 378 g/mol. The van der Waals surface area contributed by atoms with E-state index >= 15 is 0 Å². The Morgan fingerprint density at radius 3 is 2.43 bits per heavy atom. The van der Waals surface area contributed by atoms with Crippen LogP contribution in [0.15, 0.2) is 60.9 Å². The average molecular weight is 403 g/mol. The lowest BCUT2D eigenvalue weighted by atomic mass is 9.92. The molecule has 1 saturated heterocycles. The summed E-state index contributed by atoms with van der Waals surface area (Å²) in [6.07, 6.45) is 5.78. The van der Waals surface area contributed by atoms with Crippen LogP contribution in [0, 0.1) is 0 Å². The Bertz CT molecular complexity index is 1000. The molecule has 1 fully saturated rings. The highest BCUT2D eigenvalue weighted by molar-refractivity contribution is 5.78. The molecule has 1 aliphatic heterocycles. The molecule has 3 heterocycles. The molecule has 2 aromatic heterocycles. The number of aromatic nitrogens is 2. The van der Waals surface area contributed by atoms with Gasteiger partial charge in [-0.3, -0.25) is 14.8 Å². The molecule has 154 valence electrons. The Morgan fingerprint density at radius 2 is 1.73 bits per heavy atom. The Kier molecular flexibility index (Phi) is 5.93. The summed E-state index contributed by atoms with van der Waals surface area (Å²) in [6, 6.07) is 15.3. The van der Waals surface area contributed by atoms with E-state index in [1.54, 1.807) is 26.6 Å². The number of rotatable bonds is 6. The molecule has 1 atom stereocenters. The number of methoxy groups -OCH3 is 2. The van der Waals surface area contributed by atoms with Crippen LogP contribution in [0.3, 0.4) is 0 Å². The summed E-state index contributed by atoms with van der Waals surface area (Å²) in [5, 5.41) is 0. The van der Waals surface area contributed by atoms with Gasteiger partial charge in [-0.2, -0.15) is 0 Å². The number of nitrogens with zero attached hydrogens (tertiary/aromatic N) is 3. The van der Waals surface area contributed by atoms with Gasteiger partial charge in [0.1, 0.15) is 11.5 Å². The highest BCUT2D eigenvalue weighted by Gasteiger charge is 2.33. The summed E-state index contributed by atoms with van der Waals surface area (Å²) in [5.74, 6) is 1.61. The maximum absolute atomic E-state index is 13.0. The van der Waals surface area contributed by atoms with E-state index in [1.807, 2.05) is 53.4 Å². The number of carbonyl (C=O) groups excluding carboxylic acids is 1. The predicted molar refractivity (Wildman–Crippen MR) is 114 cm³/mol. The maximum atomic E-state index is 13.0. The van der Waals surface area contributed by atoms with Crippen LogP contribution < -0.4 is 9.47 Å². The van der Waals surface area contributed by atoms with Crippen LogP contribution in [0.25, 0.3) is 11.4 Å². The van der Waals surface area contributed by atoms with Gasteiger partial charge in [-0.15, -0.1) is 0 Å². The van der Waals surface area contributed by atoms with E-state index in [-0.39, 0.29) is 11.9 Å². The van der Waals surface area contributed by atoms with Crippen LogP contribution in [0.1, 0.15) is 36.4 Å². The fraction of sp³-hybridized carbons (Fsp3) is 0.292. The normalized spacial score (nSPS) is 16.4. The van der Waals surface area contributed by atoms with Crippen molar-refractivity contribution in [2.24, 2.45) is 0 Å². The summed E-state index contributed by atoms with van der Waals surface area (Å²) in [7, 11) is 3.30. The molecule has 3 aromatic rings. The lowest BCUT2D eigenvalue weighted by Gasteiger charge is -2.37. The number of pyridine rings is 2. The Morgan fingerprint density at radius 1 is 0.967 bits per heavy atom. The third-order valence-electron chi connectivity index (χ3n) is 5.47. The molecule has 4 rings (SSSR count). The van der Waals surface area contributed by atoms with Crippen LogP contribution in [0.2, 0.25) is 0 Å². The molecule has 0 bridgehead atoms. The molecule has 30 heavy (non-hydrogen) atoms. The van der Waals surface area contributed by atoms with Crippen molar-refractivity contribution in [2.45, 2.75) is 31.8 Å². The molecule has 0 radical (unpaired) electrons. The zero-order valence-electron chi connectivity index (χ0n) is 17.2. The van der Waals surface area contributed by atoms with Crippen molar-refractivity contribution >= 4 is 5.91 Å². The average Bonchev–Trinajstić information content (AvgIpc) is 2.80. The number of hydrogen-bond acceptors (Lipinski definition) is 5. The van der Waals surface area contributed by atoms with E-state index < -0.39 is 0 Å². The Labute approximate surface area is 176 Å². The van der Waals surface area contributed by atoms with Gasteiger partial charge < -0.3 is 14.4 Å². The van der Waals surface area contributed by atoms with Gasteiger partial charge in [-0.25, -0.2) is 0 Å². The molecular formula is C24H25N3O3. The van der Waals surface area contributed by atoms with E-state index in [0.717, 1.165) is 46.9 Å². The minimum absolute atomic E-state index is 0.108. The maximum Gasteiger partial charge on any atom is 0.223 e. The van der Waals surface area contributed by atoms with Crippen molar-refractivity contribution in [3.05, 3.63) is 72.1 Å².